The molecule has 1 aliphatic rings. The van der Waals surface area contributed by atoms with Crippen molar-refractivity contribution in [3.63, 3.8) is 0 Å². The minimum Gasteiger partial charge on any atom is -0.369 e. The molecule has 1 aliphatic carbocycles. The minimum atomic E-state index is -0.419. The summed E-state index contributed by atoms with van der Waals surface area (Å²) in [7, 11) is 3.71. The van der Waals surface area contributed by atoms with Crippen molar-refractivity contribution in [1.29, 1.82) is 0 Å². The molecule has 23 heavy (non-hydrogen) atoms. The average Bonchev–Trinajstić information content (AvgIpc) is 3.18. The van der Waals surface area contributed by atoms with E-state index in [-0.39, 0.29) is 5.75 Å². The Morgan fingerprint density at radius 3 is 2.87 bits per heavy atom. The van der Waals surface area contributed by atoms with E-state index in [2.05, 4.69) is 30.4 Å². The van der Waals surface area contributed by atoms with Crippen LogP contribution in [0, 0.1) is 0 Å². The van der Waals surface area contributed by atoms with Crippen LogP contribution in [0.5, 0.6) is 0 Å². The number of nitrogens with two attached hydrogens (primary N) is 1. The number of carbonyl (C=O) groups is 1. The number of rotatable bonds is 7. The molecule has 0 aromatic carbocycles. The largest absolute Gasteiger partial charge is 0.369 e. The van der Waals surface area contributed by atoms with Gasteiger partial charge in [0.25, 0.3) is 5.95 Å². The number of amides is 1. The molecule has 0 saturated heterocycles. The first-order valence-electron chi connectivity index (χ1n) is 7.04. The maximum Gasteiger partial charge on any atom is 0.258 e. The van der Waals surface area contributed by atoms with Crippen LogP contribution in [0.25, 0.3) is 5.95 Å². The molecule has 0 atom stereocenters. The van der Waals surface area contributed by atoms with Crippen LogP contribution < -0.4 is 16.0 Å². The summed E-state index contributed by atoms with van der Waals surface area (Å²) in [5, 5.41) is 7.94. The van der Waals surface area contributed by atoms with Gasteiger partial charge in [-0.2, -0.15) is 19.6 Å². The third-order valence-corrected chi connectivity index (χ3v) is 3.82. The van der Waals surface area contributed by atoms with Crippen LogP contribution in [0.2, 0.25) is 0 Å². The number of primary amides is 1. The molecule has 0 bridgehead atoms. The number of carbonyl (C=O) groups excluding carboxylic acids is 1. The van der Waals surface area contributed by atoms with Crippen molar-refractivity contribution in [2.24, 2.45) is 5.73 Å². The first-order chi connectivity index (χ1) is 11.0. The quantitative estimate of drug-likeness (QED) is 0.653. The van der Waals surface area contributed by atoms with E-state index in [1.807, 2.05) is 14.1 Å². The van der Waals surface area contributed by atoms with E-state index >= 15 is 0 Å². The maximum absolute atomic E-state index is 10.8. The highest BCUT2D eigenvalue weighted by Gasteiger charge is 2.23. The van der Waals surface area contributed by atoms with Crippen LogP contribution in [-0.4, -0.2) is 61.5 Å². The van der Waals surface area contributed by atoms with Crippen molar-refractivity contribution in [2.75, 3.05) is 30.1 Å². The third kappa shape index (κ3) is 4.06. The Morgan fingerprint density at radius 1 is 1.43 bits per heavy atom. The van der Waals surface area contributed by atoms with E-state index in [0.29, 0.717) is 29.0 Å². The van der Waals surface area contributed by atoms with Crippen LogP contribution in [0.4, 0.5) is 11.9 Å². The number of nitrogens with zero attached hydrogens (tertiary/aromatic N) is 7. The molecule has 0 aliphatic heterocycles. The van der Waals surface area contributed by atoms with E-state index in [9.17, 15) is 4.79 Å². The highest BCUT2D eigenvalue weighted by Crippen LogP contribution is 2.24. The van der Waals surface area contributed by atoms with Crippen molar-refractivity contribution in [3.05, 3.63) is 6.33 Å². The van der Waals surface area contributed by atoms with E-state index in [1.54, 1.807) is 4.90 Å². The summed E-state index contributed by atoms with van der Waals surface area (Å²) >= 11 is 1.16. The lowest BCUT2D eigenvalue weighted by molar-refractivity contribution is -0.115. The van der Waals surface area contributed by atoms with Gasteiger partial charge in [-0.3, -0.25) is 4.79 Å². The second kappa shape index (κ2) is 6.36. The lowest BCUT2D eigenvalue weighted by Gasteiger charge is -2.12. The minimum absolute atomic E-state index is 0.124. The molecule has 122 valence electrons. The van der Waals surface area contributed by atoms with Gasteiger partial charge in [0.2, 0.25) is 23.0 Å². The van der Waals surface area contributed by atoms with Gasteiger partial charge in [-0.15, -0.1) is 5.10 Å². The molecular weight excluding hydrogens is 318 g/mol. The smallest absolute Gasteiger partial charge is 0.258 e. The fourth-order valence-corrected chi connectivity index (χ4v) is 2.22. The first kappa shape index (κ1) is 15.5. The fraction of sp³-hybridized carbons (Fsp3) is 0.500. The van der Waals surface area contributed by atoms with Crippen LogP contribution in [-0.2, 0) is 4.79 Å². The molecule has 0 radical (unpaired) electrons. The topological polar surface area (TPSA) is 128 Å². The second-order valence-corrected chi connectivity index (χ2v) is 6.24. The zero-order chi connectivity index (χ0) is 16.4. The molecule has 1 fully saturated rings. The molecule has 0 unspecified atom stereocenters. The summed E-state index contributed by atoms with van der Waals surface area (Å²) in [5.41, 5.74) is 5.11. The number of anilines is 2. The lowest BCUT2D eigenvalue weighted by atomic mass is 10.6. The summed E-state index contributed by atoms with van der Waals surface area (Å²) in [4.78, 5) is 29.8. The van der Waals surface area contributed by atoms with Crippen molar-refractivity contribution in [2.45, 2.75) is 24.0 Å². The maximum atomic E-state index is 10.8. The van der Waals surface area contributed by atoms with E-state index < -0.39 is 5.91 Å². The Bertz CT molecular complexity index is 712. The van der Waals surface area contributed by atoms with Gasteiger partial charge < -0.3 is 16.0 Å². The molecule has 10 nitrogen and oxygen atoms in total. The fourth-order valence-electron chi connectivity index (χ4n) is 1.68. The van der Waals surface area contributed by atoms with E-state index in [4.69, 9.17) is 5.73 Å². The summed E-state index contributed by atoms with van der Waals surface area (Å²) in [5.74, 6) is 1.11. The first-order valence-corrected chi connectivity index (χ1v) is 8.03. The molecule has 11 heteroatoms. The van der Waals surface area contributed by atoms with Crippen molar-refractivity contribution in [1.82, 2.24) is 29.7 Å². The lowest BCUT2D eigenvalue weighted by Crippen LogP contribution is -2.18. The van der Waals surface area contributed by atoms with Gasteiger partial charge in [0.15, 0.2) is 0 Å². The number of hydrogen-bond donors (Lipinski definition) is 2. The number of nitrogens with one attached hydrogen (secondary N) is 1. The standard InChI is InChI=1S/C12H17N9OS/c1-20(2)10-16-9(15-7-3-4-7)17-11(18-10)21-6-14-12(19-21)23-5-8(13)22/h6-7H,3-5H2,1-2H3,(H2,13,22)(H,15,16,17,18). The summed E-state index contributed by atoms with van der Waals surface area (Å²) in [6.07, 6.45) is 3.74. The Labute approximate surface area is 136 Å². The van der Waals surface area contributed by atoms with Crippen LogP contribution in [0.1, 0.15) is 12.8 Å². The highest BCUT2D eigenvalue weighted by atomic mass is 32.2. The van der Waals surface area contributed by atoms with Gasteiger partial charge in [-0.25, -0.2) is 4.98 Å². The molecule has 3 rings (SSSR count). The van der Waals surface area contributed by atoms with E-state index in [0.717, 1.165) is 24.6 Å². The van der Waals surface area contributed by atoms with Crippen molar-refractivity contribution < 1.29 is 4.79 Å². The molecule has 0 spiro atoms. The number of hydrogen-bond acceptors (Lipinski definition) is 9. The summed E-state index contributed by atoms with van der Waals surface area (Å²) < 4.78 is 1.45. The summed E-state index contributed by atoms with van der Waals surface area (Å²) in [6, 6.07) is 0.428. The van der Waals surface area contributed by atoms with Gasteiger partial charge in [0.05, 0.1) is 5.75 Å². The normalized spacial score (nSPS) is 13.8. The molecule has 1 saturated carbocycles. The molecule has 2 aromatic rings. The van der Waals surface area contributed by atoms with Crippen LogP contribution >= 0.6 is 11.8 Å². The second-order valence-electron chi connectivity index (χ2n) is 5.30. The van der Waals surface area contributed by atoms with Crippen LogP contribution in [0.3, 0.4) is 0 Å². The molecule has 2 aromatic heterocycles. The average molecular weight is 335 g/mol. The highest BCUT2D eigenvalue weighted by molar-refractivity contribution is 7.99. The Balaban J connectivity index is 1.85. The van der Waals surface area contributed by atoms with E-state index in [1.165, 1.54) is 11.0 Å². The molecule has 2 heterocycles. The zero-order valence-electron chi connectivity index (χ0n) is 12.8. The molecular formula is C12H17N9OS. The monoisotopic (exact) mass is 335 g/mol. The Hall–Kier alpha value is -2.43. The Kier molecular flexibility index (Phi) is 4.28. The van der Waals surface area contributed by atoms with Gasteiger partial charge >= 0.3 is 0 Å². The number of aromatic nitrogens is 6. The molecule has 1 amide bonds. The van der Waals surface area contributed by atoms with Crippen molar-refractivity contribution in [3.8, 4) is 5.95 Å². The third-order valence-electron chi connectivity index (χ3n) is 2.94. The Morgan fingerprint density at radius 2 is 2.22 bits per heavy atom. The van der Waals surface area contributed by atoms with Crippen molar-refractivity contribution >= 4 is 29.6 Å². The SMILES string of the molecule is CN(C)c1nc(NC2CC2)nc(-n2cnc(SCC(N)=O)n2)n1. The van der Waals surface area contributed by atoms with Gasteiger partial charge in [-0.1, -0.05) is 11.8 Å². The molecule has 3 N–H and O–H groups in total. The predicted molar refractivity (Wildman–Crippen MR) is 85.6 cm³/mol. The van der Waals surface area contributed by atoms with Gasteiger partial charge in [-0.05, 0) is 12.8 Å². The summed E-state index contributed by atoms with van der Waals surface area (Å²) in [6.45, 7) is 0. The number of thioether (sulfide) groups is 1. The van der Waals surface area contributed by atoms with Gasteiger partial charge in [0.1, 0.15) is 6.33 Å². The van der Waals surface area contributed by atoms with Gasteiger partial charge in [0, 0.05) is 20.1 Å². The zero-order valence-corrected chi connectivity index (χ0v) is 13.6. The van der Waals surface area contributed by atoms with Crippen LogP contribution in [0.15, 0.2) is 11.5 Å². The predicted octanol–water partition coefficient (Wildman–Crippen LogP) is -0.330.